The number of nitrogens with one attached hydrogen (secondary N) is 2. The van der Waals surface area contributed by atoms with E-state index in [1.54, 1.807) is 7.05 Å². The third kappa shape index (κ3) is 3.68. The molecule has 0 spiro atoms. The molecule has 1 aromatic heterocycles. The predicted molar refractivity (Wildman–Crippen MR) is 75.6 cm³/mol. The third-order valence-corrected chi connectivity index (χ3v) is 3.39. The summed E-state index contributed by atoms with van der Waals surface area (Å²) < 4.78 is 5.54. The van der Waals surface area contributed by atoms with Crippen molar-refractivity contribution < 1.29 is 4.74 Å². The molecule has 0 amide bonds. The van der Waals surface area contributed by atoms with Crippen LogP contribution in [0.25, 0.3) is 0 Å². The Bertz CT molecular complexity index is 419. The molecule has 1 aromatic rings. The highest BCUT2D eigenvalue weighted by atomic mass is 16.5. The number of rotatable bonds is 6. The Morgan fingerprint density at radius 3 is 2.32 bits per heavy atom. The molecule has 1 aliphatic rings. The van der Waals surface area contributed by atoms with Gasteiger partial charge in [0.25, 0.3) is 0 Å². The van der Waals surface area contributed by atoms with E-state index >= 15 is 0 Å². The monoisotopic (exact) mass is 265 g/mol. The first kappa shape index (κ1) is 13.8. The van der Waals surface area contributed by atoms with Crippen molar-refractivity contribution in [2.24, 2.45) is 5.92 Å². The third-order valence-electron chi connectivity index (χ3n) is 3.39. The van der Waals surface area contributed by atoms with Crippen LogP contribution in [0.5, 0.6) is 6.01 Å². The van der Waals surface area contributed by atoms with Crippen LogP contribution in [0.4, 0.5) is 11.9 Å². The summed E-state index contributed by atoms with van der Waals surface area (Å²) in [6.45, 7) is 6.08. The molecule has 1 saturated carbocycles. The van der Waals surface area contributed by atoms with E-state index < -0.39 is 0 Å². The molecular weight excluding hydrogens is 242 g/mol. The van der Waals surface area contributed by atoms with Crippen LogP contribution in [0, 0.1) is 5.92 Å². The van der Waals surface area contributed by atoms with Crippen LogP contribution in [-0.4, -0.2) is 34.1 Å². The van der Waals surface area contributed by atoms with E-state index in [2.05, 4.69) is 32.5 Å². The van der Waals surface area contributed by atoms with Crippen molar-refractivity contribution >= 4 is 11.9 Å². The highest BCUT2D eigenvalue weighted by Gasteiger charge is 2.24. The van der Waals surface area contributed by atoms with Gasteiger partial charge >= 0.3 is 6.01 Å². The summed E-state index contributed by atoms with van der Waals surface area (Å²) in [4.78, 5) is 12.8. The van der Waals surface area contributed by atoms with Gasteiger partial charge in [0.2, 0.25) is 11.9 Å². The molecule has 1 heterocycles. The zero-order chi connectivity index (χ0) is 13.8. The van der Waals surface area contributed by atoms with Crippen molar-refractivity contribution in [1.82, 2.24) is 15.0 Å². The molecule has 0 radical (unpaired) electrons. The smallest absolute Gasteiger partial charge is 0.323 e. The number of aromatic nitrogens is 3. The van der Waals surface area contributed by atoms with Crippen LogP contribution in [0.2, 0.25) is 0 Å². The van der Waals surface area contributed by atoms with Crippen molar-refractivity contribution in [3.63, 3.8) is 0 Å². The van der Waals surface area contributed by atoms with Gasteiger partial charge in [0.15, 0.2) is 0 Å². The van der Waals surface area contributed by atoms with Gasteiger partial charge in [0.1, 0.15) is 0 Å². The molecule has 19 heavy (non-hydrogen) atoms. The van der Waals surface area contributed by atoms with Gasteiger partial charge in [-0.15, -0.1) is 0 Å². The van der Waals surface area contributed by atoms with Crippen LogP contribution < -0.4 is 15.4 Å². The molecule has 2 N–H and O–H groups in total. The normalized spacial score (nSPS) is 16.9. The molecule has 0 bridgehead atoms. The van der Waals surface area contributed by atoms with E-state index in [9.17, 15) is 0 Å². The number of hydrogen-bond donors (Lipinski definition) is 2. The molecule has 6 nitrogen and oxygen atoms in total. The van der Waals surface area contributed by atoms with E-state index in [4.69, 9.17) is 4.74 Å². The van der Waals surface area contributed by atoms with Crippen molar-refractivity contribution in [2.45, 2.75) is 52.2 Å². The molecule has 0 aromatic carbocycles. The molecule has 1 aliphatic carbocycles. The molecule has 6 heteroatoms. The maximum Gasteiger partial charge on any atom is 0.323 e. The van der Waals surface area contributed by atoms with Gasteiger partial charge in [-0.05, 0) is 39.5 Å². The molecule has 2 rings (SSSR count). The first-order valence-electron chi connectivity index (χ1n) is 6.95. The Kier molecular flexibility index (Phi) is 4.39. The number of ether oxygens (including phenoxy) is 1. The van der Waals surface area contributed by atoms with Gasteiger partial charge in [0, 0.05) is 13.1 Å². The van der Waals surface area contributed by atoms with Crippen molar-refractivity contribution in [2.75, 3.05) is 17.7 Å². The first-order valence-corrected chi connectivity index (χ1v) is 6.95. The minimum absolute atomic E-state index is 0.0454. The zero-order valence-corrected chi connectivity index (χ0v) is 12.1. The lowest BCUT2D eigenvalue weighted by Gasteiger charge is -2.31. The summed E-state index contributed by atoms with van der Waals surface area (Å²) in [5.74, 6) is 1.83. The quantitative estimate of drug-likeness (QED) is 0.822. The van der Waals surface area contributed by atoms with Gasteiger partial charge in [-0.3, -0.25) is 0 Å². The fourth-order valence-electron chi connectivity index (χ4n) is 2.06. The predicted octanol–water partition coefficient (Wildman–Crippen LogP) is 2.30. The van der Waals surface area contributed by atoms with Gasteiger partial charge in [-0.1, -0.05) is 6.42 Å². The lowest BCUT2D eigenvalue weighted by molar-refractivity contribution is 0.222. The van der Waals surface area contributed by atoms with E-state index in [1.165, 1.54) is 19.3 Å². The van der Waals surface area contributed by atoms with Crippen LogP contribution in [0.3, 0.4) is 0 Å². The molecule has 0 aliphatic heterocycles. The van der Waals surface area contributed by atoms with E-state index in [-0.39, 0.29) is 6.10 Å². The standard InChI is InChI=1S/C13H23N5O/c1-8(2)19-13-17-11(14-4)16-12(18-13)15-9(3)10-6-5-7-10/h8-10H,5-7H2,1-4H3,(H2,14,15,16,17,18). The number of nitrogens with zero attached hydrogens (tertiary/aromatic N) is 3. The van der Waals surface area contributed by atoms with Crippen LogP contribution >= 0.6 is 0 Å². The van der Waals surface area contributed by atoms with E-state index in [0.29, 0.717) is 23.9 Å². The van der Waals surface area contributed by atoms with E-state index in [0.717, 1.165) is 5.92 Å². The van der Waals surface area contributed by atoms with E-state index in [1.807, 2.05) is 13.8 Å². The minimum atomic E-state index is 0.0454. The highest BCUT2D eigenvalue weighted by molar-refractivity contribution is 5.36. The summed E-state index contributed by atoms with van der Waals surface area (Å²) in [6, 6.07) is 0.741. The number of anilines is 2. The number of hydrogen-bond acceptors (Lipinski definition) is 6. The highest BCUT2D eigenvalue weighted by Crippen LogP contribution is 2.30. The summed E-state index contributed by atoms with van der Waals surface area (Å²) in [7, 11) is 1.79. The second-order valence-corrected chi connectivity index (χ2v) is 5.31. The Morgan fingerprint density at radius 1 is 1.11 bits per heavy atom. The topological polar surface area (TPSA) is 72.0 Å². The van der Waals surface area contributed by atoms with Gasteiger partial charge in [-0.2, -0.15) is 15.0 Å². The molecule has 106 valence electrons. The van der Waals surface area contributed by atoms with Gasteiger partial charge in [0.05, 0.1) is 6.10 Å². The Morgan fingerprint density at radius 2 is 1.79 bits per heavy atom. The summed E-state index contributed by atoms with van der Waals surface area (Å²) in [5, 5.41) is 6.28. The SMILES string of the molecule is CNc1nc(NC(C)C2CCC2)nc(OC(C)C)n1. The molecule has 1 atom stereocenters. The minimum Gasteiger partial charge on any atom is -0.461 e. The largest absolute Gasteiger partial charge is 0.461 e. The second-order valence-electron chi connectivity index (χ2n) is 5.31. The van der Waals surface area contributed by atoms with Crippen molar-refractivity contribution in [3.8, 4) is 6.01 Å². The summed E-state index contributed by atoms with van der Waals surface area (Å²) in [6.07, 6.45) is 3.95. The average molecular weight is 265 g/mol. The maximum atomic E-state index is 5.54. The Hall–Kier alpha value is -1.59. The second kappa shape index (κ2) is 6.04. The average Bonchev–Trinajstić information content (AvgIpc) is 2.24. The maximum absolute atomic E-state index is 5.54. The van der Waals surface area contributed by atoms with Crippen molar-refractivity contribution in [3.05, 3.63) is 0 Å². The van der Waals surface area contributed by atoms with Crippen LogP contribution in [0.1, 0.15) is 40.0 Å². The van der Waals surface area contributed by atoms with Crippen molar-refractivity contribution in [1.29, 1.82) is 0 Å². The Labute approximate surface area is 114 Å². The molecule has 0 saturated heterocycles. The fraction of sp³-hybridized carbons (Fsp3) is 0.769. The lowest BCUT2D eigenvalue weighted by atomic mass is 9.80. The first-order chi connectivity index (χ1) is 9.08. The molecule has 1 unspecified atom stereocenters. The van der Waals surface area contributed by atoms with Gasteiger partial charge in [-0.25, -0.2) is 0 Å². The van der Waals surface area contributed by atoms with Crippen LogP contribution in [0.15, 0.2) is 0 Å². The lowest BCUT2D eigenvalue weighted by Crippen LogP contribution is -2.31. The summed E-state index contributed by atoms with van der Waals surface area (Å²) >= 11 is 0. The summed E-state index contributed by atoms with van der Waals surface area (Å²) in [5.41, 5.74) is 0. The fourth-order valence-corrected chi connectivity index (χ4v) is 2.06. The molecule has 1 fully saturated rings. The van der Waals surface area contributed by atoms with Crippen LogP contribution in [-0.2, 0) is 0 Å². The zero-order valence-electron chi connectivity index (χ0n) is 12.1. The Balaban J connectivity index is 2.09. The molecular formula is C13H23N5O. The van der Waals surface area contributed by atoms with Gasteiger partial charge < -0.3 is 15.4 Å².